The molecule has 0 aliphatic rings. The number of aliphatic hydroxyl groups excluding tert-OH is 1. The summed E-state index contributed by atoms with van der Waals surface area (Å²) < 4.78 is 7.66. The van der Waals surface area contributed by atoms with E-state index >= 15 is 0 Å². The Balaban J connectivity index is 1.77. The second kappa shape index (κ2) is 5.58. The number of aliphatic hydroxyl groups is 1. The molecule has 3 rings (SSSR count). The maximum atomic E-state index is 9.49. The topological polar surface area (TPSA) is 47.3 Å². The van der Waals surface area contributed by atoms with Crippen molar-refractivity contribution in [2.75, 3.05) is 0 Å². The molecule has 1 N–H and O–H groups in total. The molecule has 0 aliphatic carbocycles. The van der Waals surface area contributed by atoms with Gasteiger partial charge in [0.1, 0.15) is 18.1 Å². The highest BCUT2D eigenvalue weighted by molar-refractivity contribution is 5.81. The molecule has 0 aliphatic heterocycles. The van der Waals surface area contributed by atoms with Gasteiger partial charge in [0.2, 0.25) is 0 Å². The number of aryl methyl sites for hydroxylation is 1. The molecule has 0 spiro atoms. The lowest BCUT2D eigenvalue weighted by atomic mass is 10.1. The summed E-state index contributed by atoms with van der Waals surface area (Å²) in [6.07, 6.45) is -0.459. The van der Waals surface area contributed by atoms with E-state index in [0.29, 0.717) is 6.61 Å². The van der Waals surface area contributed by atoms with Crippen molar-refractivity contribution in [2.24, 2.45) is 7.05 Å². The van der Waals surface area contributed by atoms with Crippen LogP contribution >= 0.6 is 0 Å². The van der Waals surface area contributed by atoms with Crippen LogP contribution in [0.1, 0.15) is 24.3 Å². The molecule has 108 valence electrons. The first kappa shape index (κ1) is 13.6. The smallest absolute Gasteiger partial charge is 0.133 e. The average molecular weight is 282 g/mol. The lowest BCUT2D eigenvalue weighted by molar-refractivity contribution is 0.199. The van der Waals surface area contributed by atoms with Gasteiger partial charge in [-0.15, -0.1) is 0 Å². The van der Waals surface area contributed by atoms with E-state index in [1.54, 1.807) is 6.92 Å². The van der Waals surface area contributed by atoms with Gasteiger partial charge in [-0.05, 0) is 30.7 Å². The highest BCUT2D eigenvalue weighted by atomic mass is 16.5. The number of ether oxygens (including phenoxy) is 1. The maximum Gasteiger partial charge on any atom is 0.133 e. The minimum atomic E-state index is -0.459. The fraction of sp³-hybridized carbons (Fsp3) is 0.235. The number of benzene rings is 2. The number of rotatable bonds is 4. The van der Waals surface area contributed by atoms with E-state index in [2.05, 4.69) is 11.2 Å². The summed E-state index contributed by atoms with van der Waals surface area (Å²) >= 11 is 0. The highest BCUT2D eigenvalue weighted by Crippen LogP contribution is 2.21. The Morgan fingerprint density at radius 3 is 2.57 bits per heavy atom. The molecule has 0 bridgehead atoms. The van der Waals surface area contributed by atoms with Gasteiger partial charge in [0.25, 0.3) is 0 Å². The number of aromatic nitrogens is 2. The number of para-hydroxylation sites is 1. The van der Waals surface area contributed by atoms with Gasteiger partial charge in [-0.25, -0.2) is 0 Å². The SMILES string of the molecule is CC(O)c1ccc(OCc2nn(C)c3ccccc23)cc1. The molecule has 0 saturated heterocycles. The Morgan fingerprint density at radius 1 is 1.14 bits per heavy atom. The molecule has 1 heterocycles. The van der Waals surface area contributed by atoms with Crippen molar-refractivity contribution in [1.29, 1.82) is 0 Å². The molecule has 21 heavy (non-hydrogen) atoms. The molecule has 2 aromatic carbocycles. The van der Waals surface area contributed by atoms with Crippen LogP contribution in [0.25, 0.3) is 10.9 Å². The fourth-order valence-corrected chi connectivity index (χ4v) is 2.39. The predicted octanol–water partition coefficient (Wildman–Crippen LogP) is 3.21. The molecule has 0 fully saturated rings. The Labute approximate surface area is 123 Å². The maximum absolute atomic E-state index is 9.49. The second-order valence-electron chi connectivity index (χ2n) is 5.12. The van der Waals surface area contributed by atoms with Crippen molar-refractivity contribution in [3.05, 3.63) is 59.8 Å². The molecule has 3 aromatic rings. The summed E-state index contributed by atoms with van der Waals surface area (Å²) in [5.41, 5.74) is 2.90. The third-order valence-corrected chi connectivity index (χ3v) is 3.57. The average Bonchev–Trinajstić information content (AvgIpc) is 2.83. The van der Waals surface area contributed by atoms with E-state index in [9.17, 15) is 5.11 Å². The van der Waals surface area contributed by atoms with Crippen molar-refractivity contribution in [2.45, 2.75) is 19.6 Å². The van der Waals surface area contributed by atoms with Crippen LogP contribution in [0.5, 0.6) is 5.75 Å². The zero-order valence-corrected chi connectivity index (χ0v) is 12.2. The van der Waals surface area contributed by atoms with Crippen LogP contribution in [-0.2, 0) is 13.7 Å². The quantitative estimate of drug-likeness (QED) is 0.799. The van der Waals surface area contributed by atoms with Crippen LogP contribution in [-0.4, -0.2) is 14.9 Å². The van der Waals surface area contributed by atoms with E-state index in [4.69, 9.17) is 4.74 Å². The van der Waals surface area contributed by atoms with Crippen molar-refractivity contribution in [1.82, 2.24) is 9.78 Å². The zero-order valence-electron chi connectivity index (χ0n) is 12.2. The first-order valence-electron chi connectivity index (χ1n) is 6.96. The predicted molar refractivity (Wildman–Crippen MR) is 82.1 cm³/mol. The van der Waals surface area contributed by atoms with Crippen molar-refractivity contribution in [3.63, 3.8) is 0 Å². The summed E-state index contributed by atoms with van der Waals surface area (Å²) in [6, 6.07) is 15.6. The summed E-state index contributed by atoms with van der Waals surface area (Å²) in [5.74, 6) is 0.772. The molecule has 1 aromatic heterocycles. The van der Waals surface area contributed by atoms with Gasteiger partial charge in [-0.3, -0.25) is 4.68 Å². The summed E-state index contributed by atoms with van der Waals surface area (Å²) in [7, 11) is 1.93. The zero-order chi connectivity index (χ0) is 14.8. The largest absolute Gasteiger partial charge is 0.487 e. The molecule has 0 amide bonds. The van der Waals surface area contributed by atoms with Gasteiger partial charge in [-0.2, -0.15) is 5.10 Å². The number of hydrogen-bond donors (Lipinski definition) is 1. The van der Waals surface area contributed by atoms with E-state index < -0.39 is 6.10 Å². The first-order valence-corrected chi connectivity index (χ1v) is 6.96. The van der Waals surface area contributed by atoms with Crippen LogP contribution in [0.4, 0.5) is 0 Å². The van der Waals surface area contributed by atoms with E-state index in [-0.39, 0.29) is 0 Å². The summed E-state index contributed by atoms with van der Waals surface area (Å²) in [4.78, 5) is 0. The minimum absolute atomic E-state index is 0.426. The third-order valence-electron chi connectivity index (χ3n) is 3.57. The van der Waals surface area contributed by atoms with Gasteiger partial charge in [0.15, 0.2) is 0 Å². The van der Waals surface area contributed by atoms with Gasteiger partial charge in [-0.1, -0.05) is 30.3 Å². The van der Waals surface area contributed by atoms with Crippen LogP contribution in [0.2, 0.25) is 0 Å². The van der Waals surface area contributed by atoms with Crippen LogP contribution in [0.15, 0.2) is 48.5 Å². The number of fused-ring (bicyclic) bond motifs is 1. The molecular formula is C17H18N2O2. The second-order valence-corrected chi connectivity index (χ2v) is 5.12. The monoisotopic (exact) mass is 282 g/mol. The molecule has 0 saturated carbocycles. The molecule has 1 atom stereocenters. The van der Waals surface area contributed by atoms with E-state index in [1.807, 2.05) is 54.2 Å². The van der Waals surface area contributed by atoms with Crippen molar-refractivity contribution in [3.8, 4) is 5.75 Å². The lowest BCUT2D eigenvalue weighted by Gasteiger charge is -2.07. The van der Waals surface area contributed by atoms with Crippen molar-refractivity contribution < 1.29 is 9.84 Å². The minimum Gasteiger partial charge on any atom is -0.487 e. The van der Waals surface area contributed by atoms with Crippen LogP contribution < -0.4 is 4.74 Å². The Hall–Kier alpha value is -2.33. The number of nitrogens with zero attached hydrogens (tertiary/aromatic N) is 2. The summed E-state index contributed by atoms with van der Waals surface area (Å²) in [5, 5.41) is 15.1. The third kappa shape index (κ3) is 2.76. The van der Waals surface area contributed by atoms with E-state index in [1.165, 1.54) is 0 Å². The van der Waals surface area contributed by atoms with Gasteiger partial charge >= 0.3 is 0 Å². The van der Waals surface area contributed by atoms with Gasteiger partial charge in [0, 0.05) is 12.4 Å². The Bertz CT molecular complexity index is 745. The molecule has 4 heteroatoms. The van der Waals surface area contributed by atoms with Crippen LogP contribution in [0.3, 0.4) is 0 Å². The molecule has 0 radical (unpaired) electrons. The highest BCUT2D eigenvalue weighted by Gasteiger charge is 2.08. The van der Waals surface area contributed by atoms with Gasteiger partial charge in [0.05, 0.1) is 11.6 Å². The molecule has 1 unspecified atom stereocenters. The van der Waals surface area contributed by atoms with Crippen LogP contribution in [0, 0.1) is 0 Å². The number of hydrogen-bond acceptors (Lipinski definition) is 3. The fourth-order valence-electron chi connectivity index (χ4n) is 2.39. The molecular weight excluding hydrogens is 264 g/mol. The first-order chi connectivity index (χ1) is 10.1. The van der Waals surface area contributed by atoms with Crippen molar-refractivity contribution >= 4 is 10.9 Å². The lowest BCUT2D eigenvalue weighted by Crippen LogP contribution is -1.98. The standard InChI is InChI=1S/C17H18N2O2/c1-12(20)13-7-9-14(10-8-13)21-11-16-15-5-3-4-6-17(15)19(2)18-16/h3-10,12,20H,11H2,1-2H3. The van der Waals surface area contributed by atoms with E-state index in [0.717, 1.165) is 27.9 Å². The Morgan fingerprint density at radius 2 is 1.86 bits per heavy atom. The Kier molecular flexibility index (Phi) is 3.62. The van der Waals surface area contributed by atoms with Gasteiger partial charge < -0.3 is 9.84 Å². The molecule has 4 nitrogen and oxygen atoms in total. The normalized spacial score (nSPS) is 12.5. The summed E-state index contributed by atoms with van der Waals surface area (Å²) in [6.45, 7) is 2.17.